The molecular formula is C24H28O2. The highest BCUT2D eigenvalue weighted by atomic mass is 16.5. The summed E-state index contributed by atoms with van der Waals surface area (Å²) in [6.07, 6.45) is 3.50. The number of ether oxygens (including phenoxy) is 1. The fourth-order valence-electron chi connectivity index (χ4n) is 3.28. The molecule has 0 radical (unpaired) electrons. The molecule has 0 heterocycles. The standard InChI is InChI=1S/C24H28O2/c1-5-6-7-12-22(25)26-23-20-11-9-8-10-17(20)15-18-13-14-19(16-21(18)23)24(2,3)4/h8-11,13-16H,5-7,12H2,1-4H3. The van der Waals surface area contributed by atoms with Gasteiger partial charge in [-0.3, -0.25) is 4.79 Å². The Hall–Kier alpha value is -2.35. The SMILES string of the molecule is CCCCCC(=O)Oc1c2ccccc2cc2ccc(C(C)(C)C)cc12. The summed E-state index contributed by atoms with van der Waals surface area (Å²) in [5.41, 5.74) is 1.28. The average Bonchev–Trinajstić information content (AvgIpc) is 2.60. The fourth-order valence-corrected chi connectivity index (χ4v) is 3.28. The van der Waals surface area contributed by atoms with Crippen molar-refractivity contribution in [1.82, 2.24) is 0 Å². The van der Waals surface area contributed by atoms with E-state index in [1.807, 2.05) is 18.2 Å². The molecule has 0 saturated heterocycles. The van der Waals surface area contributed by atoms with Crippen molar-refractivity contribution < 1.29 is 9.53 Å². The molecule has 0 aliphatic rings. The van der Waals surface area contributed by atoms with Crippen LogP contribution >= 0.6 is 0 Å². The van der Waals surface area contributed by atoms with Crippen LogP contribution in [0.4, 0.5) is 0 Å². The van der Waals surface area contributed by atoms with Gasteiger partial charge in [-0.1, -0.05) is 76.9 Å². The van der Waals surface area contributed by atoms with Crippen LogP contribution in [0, 0.1) is 0 Å². The lowest BCUT2D eigenvalue weighted by Crippen LogP contribution is -2.11. The van der Waals surface area contributed by atoms with Crippen molar-refractivity contribution in [2.45, 2.75) is 58.8 Å². The van der Waals surface area contributed by atoms with Crippen molar-refractivity contribution in [3.8, 4) is 5.75 Å². The molecule has 0 amide bonds. The fraction of sp³-hybridized carbons (Fsp3) is 0.375. The monoisotopic (exact) mass is 348 g/mol. The molecule has 0 atom stereocenters. The van der Waals surface area contributed by atoms with Crippen LogP contribution in [0.3, 0.4) is 0 Å². The molecular weight excluding hydrogens is 320 g/mol. The van der Waals surface area contributed by atoms with Crippen molar-refractivity contribution in [3.05, 3.63) is 54.1 Å². The molecule has 0 N–H and O–H groups in total. The van der Waals surface area contributed by atoms with Crippen LogP contribution in [0.5, 0.6) is 5.75 Å². The van der Waals surface area contributed by atoms with E-state index in [9.17, 15) is 4.79 Å². The Labute approximate surface area is 156 Å². The maximum absolute atomic E-state index is 12.4. The second-order valence-electron chi connectivity index (χ2n) is 8.04. The minimum absolute atomic E-state index is 0.0439. The van der Waals surface area contributed by atoms with Gasteiger partial charge in [0.15, 0.2) is 0 Å². The van der Waals surface area contributed by atoms with Gasteiger partial charge in [0.25, 0.3) is 0 Å². The number of esters is 1. The highest BCUT2D eigenvalue weighted by Crippen LogP contribution is 2.37. The van der Waals surface area contributed by atoms with E-state index in [4.69, 9.17) is 4.74 Å². The van der Waals surface area contributed by atoms with Crippen LogP contribution in [0.1, 0.15) is 58.9 Å². The highest BCUT2D eigenvalue weighted by molar-refractivity contribution is 6.06. The quantitative estimate of drug-likeness (QED) is 0.220. The Bertz CT molecular complexity index is 932. The number of carbonyl (C=O) groups excluding carboxylic acids is 1. The highest BCUT2D eigenvalue weighted by Gasteiger charge is 2.18. The molecule has 0 aliphatic heterocycles. The lowest BCUT2D eigenvalue weighted by Gasteiger charge is -2.20. The van der Waals surface area contributed by atoms with E-state index in [1.165, 1.54) is 5.56 Å². The molecule has 0 fully saturated rings. The van der Waals surface area contributed by atoms with E-state index in [1.54, 1.807) is 0 Å². The molecule has 0 aliphatic carbocycles. The van der Waals surface area contributed by atoms with Gasteiger partial charge in [-0.15, -0.1) is 0 Å². The summed E-state index contributed by atoms with van der Waals surface area (Å²) in [5.74, 6) is 0.558. The number of hydrogen-bond acceptors (Lipinski definition) is 2. The molecule has 0 spiro atoms. The molecule has 2 heteroatoms. The van der Waals surface area contributed by atoms with Gasteiger partial charge in [0.2, 0.25) is 0 Å². The van der Waals surface area contributed by atoms with Crippen LogP contribution < -0.4 is 4.74 Å². The summed E-state index contributed by atoms with van der Waals surface area (Å²) < 4.78 is 5.92. The smallest absolute Gasteiger partial charge is 0.311 e. The lowest BCUT2D eigenvalue weighted by atomic mass is 9.85. The van der Waals surface area contributed by atoms with Crippen molar-refractivity contribution >= 4 is 27.5 Å². The first kappa shape index (κ1) is 18.4. The zero-order valence-corrected chi connectivity index (χ0v) is 16.3. The third-order valence-electron chi connectivity index (χ3n) is 4.88. The summed E-state index contributed by atoms with van der Waals surface area (Å²) in [5, 5.41) is 4.21. The first-order valence-electron chi connectivity index (χ1n) is 9.57. The predicted molar refractivity (Wildman–Crippen MR) is 110 cm³/mol. The summed E-state index contributed by atoms with van der Waals surface area (Å²) in [6.45, 7) is 8.74. The van der Waals surface area contributed by atoms with Crippen LogP contribution in [-0.4, -0.2) is 5.97 Å². The zero-order valence-electron chi connectivity index (χ0n) is 16.3. The Kier molecular flexibility index (Phi) is 5.31. The van der Waals surface area contributed by atoms with Crippen LogP contribution in [-0.2, 0) is 10.2 Å². The van der Waals surface area contributed by atoms with Gasteiger partial charge in [-0.05, 0) is 40.3 Å². The van der Waals surface area contributed by atoms with Crippen LogP contribution in [0.2, 0.25) is 0 Å². The summed E-state index contributed by atoms with van der Waals surface area (Å²) >= 11 is 0. The number of unbranched alkanes of at least 4 members (excludes halogenated alkanes) is 2. The number of fused-ring (bicyclic) bond motifs is 2. The molecule has 2 nitrogen and oxygen atoms in total. The van der Waals surface area contributed by atoms with Gasteiger partial charge in [0.05, 0.1) is 0 Å². The van der Waals surface area contributed by atoms with Gasteiger partial charge in [-0.25, -0.2) is 0 Å². The Morgan fingerprint density at radius 2 is 1.65 bits per heavy atom. The van der Waals surface area contributed by atoms with Gasteiger partial charge in [0.1, 0.15) is 5.75 Å². The Balaban J connectivity index is 2.12. The number of carbonyl (C=O) groups is 1. The summed E-state index contributed by atoms with van der Waals surface area (Å²) in [7, 11) is 0. The van der Waals surface area contributed by atoms with Crippen LogP contribution in [0.25, 0.3) is 21.5 Å². The molecule has 136 valence electrons. The largest absolute Gasteiger partial charge is 0.425 e. The third-order valence-corrected chi connectivity index (χ3v) is 4.88. The Morgan fingerprint density at radius 1 is 0.923 bits per heavy atom. The van der Waals surface area contributed by atoms with E-state index in [0.29, 0.717) is 12.2 Å². The van der Waals surface area contributed by atoms with Gasteiger partial charge >= 0.3 is 5.97 Å². The molecule has 0 saturated carbocycles. The summed E-state index contributed by atoms with van der Waals surface area (Å²) in [6, 6.07) is 16.8. The second kappa shape index (κ2) is 7.49. The van der Waals surface area contributed by atoms with Gasteiger partial charge in [-0.2, -0.15) is 0 Å². The number of hydrogen-bond donors (Lipinski definition) is 0. The molecule has 0 unspecified atom stereocenters. The number of benzene rings is 3. The topological polar surface area (TPSA) is 26.3 Å². The van der Waals surface area contributed by atoms with E-state index in [2.05, 4.69) is 58.0 Å². The average molecular weight is 348 g/mol. The second-order valence-corrected chi connectivity index (χ2v) is 8.04. The normalized spacial score (nSPS) is 11.8. The maximum Gasteiger partial charge on any atom is 0.311 e. The molecule has 3 rings (SSSR count). The predicted octanol–water partition coefficient (Wildman–Crippen LogP) is 6.78. The van der Waals surface area contributed by atoms with E-state index < -0.39 is 0 Å². The third kappa shape index (κ3) is 3.90. The van der Waals surface area contributed by atoms with E-state index >= 15 is 0 Å². The molecule has 0 bridgehead atoms. The van der Waals surface area contributed by atoms with Gasteiger partial charge < -0.3 is 4.74 Å². The van der Waals surface area contributed by atoms with Crippen molar-refractivity contribution in [2.75, 3.05) is 0 Å². The maximum atomic E-state index is 12.4. The Morgan fingerprint density at radius 3 is 2.38 bits per heavy atom. The minimum atomic E-state index is -0.141. The van der Waals surface area contributed by atoms with E-state index in [0.717, 1.165) is 40.8 Å². The van der Waals surface area contributed by atoms with Crippen LogP contribution in [0.15, 0.2) is 48.5 Å². The minimum Gasteiger partial charge on any atom is -0.425 e. The van der Waals surface area contributed by atoms with Crippen molar-refractivity contribution in [1.29, 1.82) is 0 Å². The molecule has 3 aromatic rings. The zero-order chi connectivity index (χ0) is 18.7. The first-order valence-corrected chi connectivity index (χ1v) is 9.57. The molecule has 26 heavy (non-hydrogen) atoms. The number of rotatable bonds is 5. The molecule has 3 aromatic carbocycles. The van der Waals surface area contributed by atoms with Gasteiger partial charge in [0, 0.05) is 17.2 Å². The summed E-state index contributed by atoms with van der Waals surface area (Å²) in [4.78, 5) is 12.4. The lowest BCUT2D eigenvalue weighted by molar-refractivity contribution is -0.134. The van der Waals surface area contributed by atoms with Crippen molar-refractivity contribution in [2.24, 2.45) is 0 Å². The van der Waals surface area contributed by atoms with Crippen molar-refractivity contribution in [3.63, 3.8) is 0 Å². The molecule has 0 aromatic heterocycles. The first-order chi connectivity index (χ1) is 12.4. The van der Waals surface area contributed by atoms with E-state index in [-0.39, 0.29) is 11.4 Å².